The van der Waals surface area contributed by atoms with E-state index < -0.39 is 5.60 Å². The zero-order valence-electron chi connectivity index (χ0n) is 14.7. The van der Waals surface area contributed by atoms with Crippen LogP contribution in [0.15, 0.2) is 47.8 Å². The van der Waals surface area contributed by atoms with Crippen molar-refractivity contribution in [2.75, 3.05) is 14.1 Å². The highest BCUT2D eigenvalue weighted by atomic mass is 32.1. The van der Waals surface area contributed by atoms with E-state index >= 15 is 0 Å². The molecule has 3 heteroatoms. The van der Waals surface area contributed by atoms with Crippen LogP contribution in [0.4, 0.5) is 0 Å². The van der Waals surface area contributed by atoms with Gasteiger partial charge in [-0.2, -0.15) is 0 Å². The highest BCUT2D eigenvalue weighted by molar-refractivity contribution is 7.10. The van der Waals surface area contributed by atoms with Crippen molar-refractivity contribution in [3.63, 3.8) is 0 Å². The summed E-state index contributed by atoms with van der Waals surface area (Å²) in [6, 6.07) is 16.0. The first-order valence-electron chi connectivity index (χ1n) is 9.15. The number of hydrogen-bond donors (Lipinski definition) is 1. The standard InChI is InChI=1S/C21H28NOS/c1-22(2)18-10-11-19(22)14-16(13-18)15-21(23,20-9-6-12-24-20)17-7-4-3-5-8-17/h3-9,12,16,18-19,23H,10-11,13-15H2,1-2H3/q+1/t16?,18-,19+,21?. The molecule has 2 unspecified atom stereocenters. The summed E-state index contributed by atoms with van der Waals surface area (Å²) < 4.78 is 1.19. The Balaban J connectivity index is 1.63. The van der Waals surface area contributed by atoms with Crippen molar-refractivity contribution in [1.82, 2.24) is 0 Å². The first-order chi connectivity index (χ1) is 11.5. The maximum absolute atomic E-state index is 11.7. The lowest BCUT2D eigenvalue weighted by atomic mass is 9.77. The van der Waals surface area contributed by atoms with E-state index in [0.29, 0.717) is 5.92 Å². The number of nitrogens with zero attached hydrogens (tertiary/aromatic N) is 1. The first kappa shape index (κ1) is 16.3. The third kappa shape index (κ3) is 2.63. The molecule has 2 saturated heterocycles. The molecule has 1 aromatic carbocycles. The van der Waals surface area contributed by atoms with Crippen LogP contribution >= 0.6 is 11.3 Å². The topological polar surface area (TPSA) is 20.2 Å². The van der Waals surface area contributed by atoms with Gasteiger partial charge in [0.2, 0.25) is 0 Å². The Morgan fingerprint density at radius 2 is 1.71 bits per heavy atom. The van der Waals surface area contributed by atoms with Crippen molar-refractivity contribution >= 4 is 11.3 Å². The molecule has 4 atom stereocenters. The van der Waals surface area contributed by atoms with E-state index in [0.717, 1.165) is 28.9 Å². The van der Waals surface area contributed by atoms with Gasteiger partial charge in [0.05, 0.1) is 26.2 Å². The van der Waals surface area contributed by atoms with Gasteiger partial charge in [-0.3, -0.25) is 0 Å². The zero-order valence-corrected chi connectivity index (χ0v) is 15.5. The third-order valence-corrected chi connectivity index (χ3v) is 7.71. The molecule has 0 saturated carbocycles. The first-order valence-corrected chi connectivity index (χ1v) is 10.0. The van der Waals surface area contributed by atoms with Crippen LogP contribution in [0.25, 0.3) is 0 Å². The molecule has 24 heavy (non-hydrogen) atoms. The number of hydrogen-bond acceptors (Lipinski definition) is 2. The lowest BCUT2D eigenvalue weighted by Gasteiger charge is -2.45. The Kier molecular flexibility index (Phi) is 4.06. The maximum atomic E-state index is 11.7. The van der Waals surface area contributed by atoms with Crippen molar-refractivity contribution in [2.24, 2.45) is 5.92 Å². The van der Waals surface area contributed by atoms with E-state index in [2.05, 4.69) is 43.7 Å². The summed E-state index contributed by atoms with van der Waals surface area (Å²) in [4.78, 5) is 1.08. The second kappa shape index (κ2) is 5.98. The monoisotopic (exact) mass is 342 g/mol. The average molecular weight is 343 g/mol. The van der Waals surface area contributed by atoms with Crippen LogP contribution in [0.1, 0.15) is 42.5 Å². The molecule has 1 N–H and O–H groups in total. The molecule has 2 nitrogen and oxygen atoms in total. The van der Waals surface area contributed by atoms with E-state index in [1.54, 1.807) is 11.3 Å². The van der Waals surface area contributed by atoms with Gasteiger partial charge >= 0.3 is 0 Å². The van der Waals surface area contributed by atoms with Gasteiger partial charge in [-0.1, -0.05) is 36.4 Å². The van der Waals surface area contributed by atoms with Gasteiger partial charge in [-0.25, -0.2) is 0 Å². The largest absolute Gasteiger partial charge is 0.380 e. The fraction of sp³-hybridized carbons (Fsp3) is 0.524. The number of rotatable bonds is 4. The molecule has 0 radical (unpaired) electrons. The highest BCUT2D eigenvalue weighted by Gasteiger charge is 2.50. The smallest absolute Gasteiger partial charge is 0.124 e. The SMILES string of the molecule is C[N+]1(C)[C@@H]2CC[C@H]1CC(CC(O)(c1ccccc1)c1cccs1)C2. The lowest BCUT2D eigenvalue weighted by molar-refractivity contribution is -0.931. The number of thiophene rings is 1. The van der Waals surface area contributed by atoms with Crippen molar-refractivity contribution in [1.29, 1.82) is 0 Å². The van der Waals surface area contributed by atoms with E-state index in [4.69, 9.17) is 0 Å². The summed E-state index contributed by atoms with van der Waals surface area (Å²) in [5, 5.41) is 13.8. The van der Waals surface area contributed by atoms with Crippen molar-refractivity contribution < 1.29 is 9.59 Å². The highest BCUT2D eigenvalue weighted by Crippen LogP contribution is 2.47. The van der Waals surface area contributed by atoms with Crippen LogP contribution in [0.3, 0.4) is 0 Å². The number of aliphatic hydroxyl groups is 1. The third-order valence-electron chi connectivity index (χ3n) is 6.69. The minimum absolute atomic E-state index is 0.612. The minimum Gasteiger partial charge on any atom is -0.380 e. The van der Waals surface area contributed by atoms with Gasteiger partial charge in [-0.15, -0.1) is 11.3 Å². The fourth-order valence-corrected chi connectivity index (χ4v) is 6.02. The van der Waals surface area contributed by atoms with Gasteiger partial charge in [0.25, 0.3) is 0 Å². The number of piperidine rings is 1. The molecule has 2 fully saturated rings. The van der Waals surface area contributed by atoms with Crippen molar-refractivity contribution in [3.05, 3.63) is 58.3 Å². The molecule has 0 aliphatic carbocycles. The summed E-state index contributed by atoms with van der Waals surface area (Å²) in [5.41, 5.74) is 0.202. The van der Waals surface area contributed by atoms with Crippen LogP contribution in [-0.4, -0.2) is 35.8 Å². The quantitative estimate of drug-likeness (QED) is 0.817. The van der Waals surface area contributed by atoms with Crippen LogP contribution < -0.4 is 0 Å². The summed E-state index contributed by atoms with van der Waals surface area (Å²) in [6.45, 7) is 0. The zero-order chi connectivity index (χ0) is 16.8. The van der Waals surface area contributed by atoms with Gasteiger partial charge in [0.1, 0.15) is 5.60 Å². The number of quaternary nitrogens is 1. The predicted molar refractivity (Wildman–Crippen MR) is 100 cm³/mol. The van der Waals surface area contributed by atoms with Gasteiger partial charge < -0.3 is 9.59 Å². The summed E-state index contributed by atoms with van der Waals surface area (Å²) in [5.74, 6) is 0.612. The Morgan fingerprint density at radius 1 is 1.04 bits per heavy atom. The van der Waals surface area contributed by atoms with Gasteiger partial charge in [-0.05, 0) is 29.3 Å². The van der Waals surface area contributed by atoms with Gasteiger partial charge in [0.15, 0.2) is 0 Å². The Morgan fingerprint density at radius 3 is 2.29 bits per heavy atom. The summed E-state index contributed by atoms with van der Waals surface area (Å²) >= 11 is 1.68. The maximum Gasteiger partial charge on any atom is 0.124 e. The molecule has 2 aliphatic heterocycles. The van der Waals surface area contributed by atoms with Crippen molar-refractivity contribution in [2.45, 2.75) is 49.8 Å². The van der Waals surface area contributed by atoms with Crippen LogP contribution in [0.5, 0.6) is 0 Å². The number of fused-ring (bicyclic) bond motifs is 2. The fourth-order valence-electron chi connectivity index (χ4n) is 5.17. The summed E-state index contributed by atoms with van der Waals surface area (Å²) in [7, 11) is 4.81. The normalized spacial score (nSPS) is 30.9. The molecule has 2 aromatic rings. The van der Waals surface area contributed by atoms with E-state index in [1.165, 1.54) is 30.2 Å². The molecule has 1 aromatic heterocycles. The van der Waals surface area contributed by atoms with Crippen LogP contribution in [0, 0.1) is 5.92 Å². The Labute approximate surface area is 149 Å². The molecule has 2 bridgehead atoms. The molecular formula is C21H28NOS+. The van der Waals surface area contributed by atoms with Crippen LogP contribution in [0.2, 0.25) is 0 Å². The molecule has 128 valence electrons. The van der Waals surface area contributed by atoms with Crippen molar-refractivity contribution in [3.8, 4) is 0 Å². The molecular weight excluding hydrogens is 314 g/mol. The molecule has 3 heterocycles. The molecule has 0 spiro atoms. The Hall–Kier alpha value is -1.16. The van der Waals surface area contributed by atoms with Gasteiger partial charge in [0, 0.05) is 30.6 Å². The minimum atomic E-state index is -0.839. The molecule has 0 amide bonds. The Bertz CT molecular complexity index is 665. The van der Waals surface area contributed by atoms with E-state index in [-0.39, 0.29) is 0 Å². The number of benzene rings is 1. The van der Waals surface area contributed by atoms with E-state index in [1.807, 2.05) is 18.2 Å². The van der Waals surface area contributed by atoms with Crippen LogP contribution in [-0.2, 0) is 5.60 Å². The lowest BCUT2D eigenvalue weighted by Crippen LogP contribution is -2.55. The molecule has 2 aliphatic rings. The second-order valence-corrected chi connectivity index (χ2v) is 9.21. The molecule has 4 rings (SSSR count). The van der Waals surface area contributed by atoms with E-state index in [9.17, 15) is 5.11 Å². The average Bonchev–Trinajstić information content (AvgIpc) is 3.13. The predicted octanol–water partition coefficient (Wildman–Crippen LogP) is 4.39. The summed E-state index contributed by atoms with van der Waals surface area (Å²) in [6.07, 6.45) is 6.08. The second-order valence-electron chi connectivity index (χ2n) is 8.26.